The maximum absolute atomic E-state index is 11.9. The van der Waals surface area contributed by atoms with E-state index in [9.17, 15) is 4.79 Å². The molecule has 0 aliphatic carbocycles. The molecule has 0 aromatic heterocycles. The van der Waals surface area contributed by atoms with Crippen LogP contribution in [0.4, 0.5) is 0 Å². The van der Waals surface area contributed by atoms with Crippen LogP contribution in [0.1, 0.15) is 24.5 Å². The summed E-state index contributed by atoms with van der Waals surface area (Å²) in [5, 5.41) is 0. The van der Waals surface area contributed by atoms with E-state index in [1.807, 2.05) is 66.7 Å². The normalized spacial score (nSPS) is 11.3. The minimum absolute atomic E-state index is 0.281. The van der Waals surface area contributed by atoms with E-state index >= 15 is 0 Å². The van der Waals surface area contributed by atoms with Crippen LogP contribution in [0.25, 0.3) is 0 Å². The van der Waals surface area contributed by atoms with Gasteiger partial charge in [-0.1, -0.05) is 66.7 Å². The Morgan fingerprint density at radius 1 is 0.913 bits per heavy atom. The van der Waals surface area contributed by atoms with Gasteiger partial charge in [0.1, 0.15) is 6.61 Å². The number of hydrogen-bond donors (Lipinski definition) is 0. The van der Waals surface area contributed by atoms with Crippen molar-refractivity contribution in [1.29, 1.82) is 0 Å². The van der Waals surface area contributed by atoms with Gasteiger partial charge in [0, 0.05) is 5.57 Å². The molecule has 0 spiro atoms. The highest BCUT2D eigenvalue weighted by molar-refractivity contribution is 5.87. The Morgan fingerprint density at radius 2 is 1.48 bits per heavy atom. The van der Waals surface area contributed by atoms with Gasteiger partial charge in [-0.15, -0.1) is 0 Å². The summed E-state index contributed by atoms with van der Waals surface area (Å²) in [4.78, 5) is 11.9. The number of carbonyl (C=O) groups is 1. The lowest BCUT2D eigenvalue weighted by molar-refractivity contribution is -0.140. The van der Waals surface area contributed by atoms with Gasteiger partial charge in [-0.2, -0.15) is 0 Å². The molecule has 3 nitrogen and oxygen atoms in total. The Kier molecular flexibility index (Phi) is 7.08. The van der Waals surface area contributed by atoms with Crippen LogP contribution in [-0.4, -0.2) is 12.6 Å². The lowest BCUT2D eigenvalue weighted by atomic mass is 10.2. The number of esters is 1. The van der Waals surface area contributed by atoms with E-state index in [1.54, 1.807) is 6.92 Å². The molecule has 0 amide bonds. The van der Waals surface area contributed by atoms with Crippen LogP contribution in [0.5, 0.6) is 0 Å². The Hall–Kier alpha value is -2.39. The molecule has 0 aliphatic rings. The van der Waals surface area contributed by atoms with E-state index in [0.717, 1.165) is 11.1 Å². The summed E-state index contributed by atoms with van der Waals surface area (Å²) < 4.78 is 10.9. The zero-order valence-electron chi connectivity index (χ0n) is 13.4. The fourth-order valence-corrected chi connectivity index (χ4v) is 2.04. The van der Waals surface area contributed by atoms with Crippen LogP contribution >= 0.6 is 0 Å². The second-order valence-electron chi connectivity index (χ2n) is 5.28. The van der Waals surface area contributed by atoms with Gasteiger partial charge in [0.25, 0.3) is 0 Å². The van der Waals surface area contributed by atoms with E-state index < -0.39 is 0 Å². The van der Waals surface area contributed by atoms with Gasteiger partial charge in [-0.05, 0) is 24.5 Å². The maximum Gasteiger partial charge on any atom is 0.333 e. The fraction of sp³-hybridized carbons (Fsp3) is 0.250. The minimum atomic E-state index is -0.281. The van der Waals surface area contributed by atoms with Gasteiger partial charge in [-0.3, -0.25) is 0 Å². The molecular weight excluding hydrogens is 288 g/mol. The van der Waals surface area contributed by atoms with Crippen LogP contribution in [0.15, 0.2) is 72.3 Å². The van der Waals surface area contributed by atoms with Crippen molar-refractivity contribution in [3.8, 4) is 0 Å². The summed E-state index contributed by atoms with van der Waals surface area (Å²) >= 11 is 0. The van der Waals surface area contributed by atoms with Crippen molar-refractivity contribution in [2.45, 2.75) is 26.6 Å². The van der Waals surface area contributed by atoms with Crippen molar-refractivity contribution in [2.75, 3.05) is 6.61 Å². The van der Waals surface area contributed by atoms with Crippen molar-refractivity contribution in [3.63, 3.8) is 0 Å². The monoisotopic (exact) mass is 310 g/mol. The highest BCUT2D eigenvalue weighted by Gasteiger charge is 2.05. The molecule has 0 heterocycles. The zero-order chi connectivity index (χ0) is 16.3. The average Bonchev–Trinajstić information content (AvgIpc) is 2.61. The summed E-state index contributed by atoms with van der Waals surface area (Å²) in [6, 6.07) is 19.7. The molecule has 2 aromatic carbocycles. The van der Waals surface area contributed by atoms with Crippen LogP contribution in [-0.2, 0) is 27.5 Å². The molecular formula is C20H22O3. The molecule has 0 atom stereocenters. The van der Waals surface area contributed by atoms with Crippen LogP contribution in [0.2, 0.25) is 0 Å². The molecule has 2 aromatic rings. The summed E-state index contributed by atoms with van der Waals surface area (Å²) in [5.41, 5.74) is 2.75. The quantitative estimate of drug-likeness (QED) is 0.415. The number of hydrogen-bond acceptors (Lipinski definition) is 3. The lowest BCUT2D eigenvalue weighted by Gasteiger charge is -2.06. The average molecular weight is 310 g/mol. The number of rotatable bonds is 8. The first kappa shape index (κ1) is 17.0. The summed E-state index contributed by atoms with van der Waals surface area (Å²) in [6.07, 6.45) is 2.55. The van der Waals surface area contributed by atoms with Crippen LogP contribution in [0.3, 0.4) is 0 Å². The summed E-state index contributed by atoms with van der Waals surface area (Å²) in [6.45, 7) is 3.24. The molecule has 3 heteroatoms. The lowest BCUT2D eigenvalue weighted by Crippen LogP contribution is -2.06. The Labute approximate surface area is 137 Å². The first-order chi connectivity index (χ1) is 11.3. The Morgan fingerprint density at radius 3 is 2.09 bits per heavy atom. The van der Waals surface area contributed by atoms with Crippen LogP contribution in [0, 0.1) is 0 Å². The Balaban J connectivity index is 1.65. The molecule has 23 heavy (non-hydrogen) atoms. The molecule has 0 radical (unpaired) electrons. The van der Waals surface area contributed by atoms with Crippen molar-refractivity contribution < 1.29 is 14.3 Å². The summed E-state index contributed by atoms with van der Waals surface area (Å²) in [5.74, 6) is -0.281. The number of ether oxygens (including phenoxy) is 2. The second kappa shape index (κ2) is 9.59. The Bertz CT molecular complexity index is 618. The van der Waals surface area contributed by atoms with E-state index in [1.165, 1.54) is 0 Å². The van der Waals surface area contributed by atoms with Gasteiger partial charge >= 0.3 is 5.97 Å². The van der Waals surface area contributed by atoms with Gasteiger partial charge in [0.2, 0.25) is 0 Å². The van der Waals surface area contributed by atoms with E-state index in [4.69, 9.17) is 9.47 Å². The molecule has 0 N–H and O–H groups in total. The molecule has 0 bridgehead atoms. The van der Waals surface area contributed by atoms with E-state index in [0.29, 0.717) is 31.8 Å². The first-order valence-corrected chi connectivity index (χ1v) is 7.75. The zero-order valence-corrected chi connectivity index (χ0v) is 13.4. The molecule has 120 valence electrons. The molecule has 0 unspecified atom stereocenters. The third-order valence-electron chi connectivity index (χ3n) is 3.36. The number of benzene rings is 2. The predicted molar refractivity (Wildman–Crippen MR) is 90.7 cm³/mol. The third kappa shape index (κ3) is 6.49. The fourth-order valence-electron chi connectivity index (χ4n) is 2.04. The molecule has 0 fully saturated rings. The molecule has 2 rings (SSSR count). The second-order valence-corrected chi connectivity index (χ2v) is 5.28. The first-order valence-electron chi connectivity index (χ1n) is 7.75. The van der Waals surface area contributed by atoms with Crippen molar-refractivity contribution in [2.24, 2.45) is 0 Å². The van der Waals surface area contributed by atoms with Crippen molar-refractivity contribution in [1.82, 2.24) is 0 Å². The standard InChI is InChI=1S/C20H22O3/c1-17(20(21)23-16-19-12-6-3-7-13-19)9-8-14-22-15-18-10-4-2-5-11-18/h2-7,9-13H,8,14-16H2,1H3/b17-9+. The maximum atomic E-state index is 11.9. The molecule has 0 saturated carbocycles. The summed E-state index contributed by atoms with van der Waals surface area (Å²) in [7, 11) is 0. The highest BCUT2D eigenvalue weighted by atomic mass is 16.5. The van der Waals surface area contributed by atoms with Gasteiger partial charge in [0.15, 0.2) is 0 Å². The predicted octanol–water partition coefficient (Wildman–Crippen LogP) is 4.28. The topological polar surface area (TPSA) is 35.5 Å². The van der Waals surface area contributed by atoms with Gasteiger partial charge in [0.05, 0.1) is 13.2 Å². The van der Waals surface area contributed by atoms with E-state index in [-0.39, 0.29) is 5.97 Å². The van der Waals surface area contributed by atoms with Gasteiger partial charge < -0.3 is 9.47 Å². The smallest absolute Gasteiger partial charge is 0.333 e. The van der Waals surface area contributed by atoms with Crippen molar-refractivity contribution in [3.05, 3.63) is 83.4 Å². The molecule has 0 saturated heterocycles. The highest BCUT2D eigenvalue weighted by Crippen LogP contribution is 2.06. The van der Waals surface area contributed by atoms with Gasteiger partial charge in [-0.25, -0.2) is 4.79 Å². The van der Waals surface area contributed by atoms with Crippen LogP contribution < -0.4 is 0 Å². The minimum Gasteiger partial charge on any atom is -0.457 e. The largest absolute Gasteiger partial charge is 0.457 e. The van der Waals surface area contributed by atoms with E-state index in [2.05, 4.69) is 0 Å². The van der Waals surface area contributed by atoms with Crippen molar-refractivity contribution >= 4 is 5.97 Å². The number of carbonyl (C=O) groups excluding carboxylic acids is 1. The molecule has 0 aliphatic heterocycles. The SMILES string of the molecule is C/C(=C\CCOCc1ccccc1)C(=O)OCc1ccccc1. The third-order valence-corrected chi connectivity index (χ3v) is 3.36.